The van der Waals surface area contributed by atoms with Gasteiger partial charge in [-0.3, -0.25) is 25.0 Å². The molecule has 0 bridgehead atoms. The van der Waals surface area contributed by atoms with E-state index in [0.29, 0.717) is 22.7 Å². The highest BCUT2D eigenvalue weighted by Gasteiger charge is 2.37. The van der Waals surface area contributed by atoms with E-state index >= 15 is 0 Å². The molecule has 0 unspecified atom stereocenters. The zero-order chi connectivity index (χ0) is 26.3. The van der Waals surface area contributed by atoms with Crippen LogP contribution in [0.25, 0.3) is 17.0 Å². The van der Waals surface area contributed by atoms with Gasteiger partial charge in [0.05, 0.1) is 10.6 Å². The van der Waals surface area contributed by atoms with Crippen molar-refractivity contribution in [2.75, 3.05) is 4.90 Å². The van der Waals surface area contributed by atoms with E-state index in [2.05, 4.69) is 5.32 Å². The number of nitro benzene ring substituents is 1. The van der Waals surface area contributed by atoms with Gasteiger partial charge < -0.3 is 4.57 Å². The van der Waals surface area contributed by atoms with Crippen LogP contribution in [0.2, 0.25) is 5.02 Å². The molecule has 0 aliphatic carbocycles. The molecule has 1 fully saturated rings. The molecule has 0 radical (unpaired) electrons. The highest BCUT2D eigenvalue weighted by molar-refractivity contribution is 6.40. The molecular formula is C27H19ClN4O5. The van der Waals surface area contributed by atoms with Crippen molar-refractivity contribution in [1.82, 2.24) is 9.88 Å². The number of anilines is 1. The second-order valence-electron chi connectivity index (χ2n) is 8.49. The lowest BCUT2D eigenvalue weighted by molar-refractivity contribution is -0.384. The predicted molar refractivity (Wildman–Crippen MR) is 139 cm³/mol. The Kier molecular flexibility index (Phi) is 6.06. The van der Waals surface area contributed by atoms with Gasteiger partial charge in [0, 0.05) is 46.4 Å². The molecule has 5 rings (SSSR count). The van der Waals surface area contributed by atoms with Crippen LogP contribution in [-0.2, 0) is 16.1 Å². The number of hydrogen-bond acceptors (Lipinski definition) is 5. The molecule has 3 aromatic carbocycles. The van der Waals surface area contributed by atoms with Crippen molar-refractivity contribution in [3.8, 4) is 0 Å². The zero-order valence-electron chi connectivity index (χ0n) is 19.5. The molecule has 0 saturated carbocycles. The molecule has 1 saturated heterocycles. The molecule has 4 aromatic rings. The van der Waals surface area contributed by atoms with Gasteiger partial charge >= 0.3 is 6.03 Å². The van der Waals surface area contributed by atoms with Crippen molar-refractivity contribution in [2.45, 2.75) is 13.5 Å². The summed E-state index contributed by atoms with van der Waals surface area (Å²) in [7, 11) is 0. The molecule has 2 heterocycles. The third-order valence-corrected chi connectivity index (χ3v) is 6.61. The number of halogens is 1. The highest BCUT2D eigenvalue weighted by Crippen LogP contribution is 2.31. The minimum absolute atomic E-state index is 0.00222. The first-order valence-corrected chi connectivity index (χ1v) is 11.6. The first-order chi connectivity index (χ1) is 17.7. The van der Waals surface area contributed by atoms with E-state index < -0.39 is 22.8 Å². The Balaban J connectivity index is 1.55. The first-order valence-electron chi connectivity index (χ1n) is 11.2. The van der Waals surface area contributed by atoms with Gasteiger partial charge in [-0.2, -0.15) is 0 Å². The third-order valence-electron chi connectivity index (χ3n) is 6.20. The van der Waals surface area contributed by atoms with Crippen LogP contribution >= 0.6 is 11.6 Å². The number of nitro groups is 1. The number of barbiturate groups is 1. The lowest BCUT2D eigenvalue weighted by Gasteiger charge is -2.27. The topological polar surface area (TPSA) is 115 Å². The molecule has 10 heteroatoms. The van der Waals surface area contributed by atoms with Crippen molar-refractivity contribution >= 4 is 57.8 Å². The van der Waals surface area contributed by atoms with E-state index in [9.17, 15) is 24.5 Å². The summed E-state index contributed by atoms with van der Waals surface area (Å²) in [4.78, 5) is 50.2. The van der Waals surface area contributed by atoms with Crippen LogP contribution in [0.3, 0.4) is 0 Å². The molecule has 1 aliphatic rings. The Morgan fingerprint density at radius 2 is 1.73 bits per heavy atom. The van der Waals surface area contributed by atoms with Gasteiger partial charge in [0.25, 0.3) is 17.5 Å². The predicted octanol–water partition coefficient (Wildman–Crippen LogP) is 5.23. The van der Waals surface area contributed by atoms with Crippen molar-refractivity contribution < 1.29 is 19.3 Å². The van der Waals surface area contributed by atoms with Gasteiger partial charge in [-0.05, 0) is 42.3 Å². The number of non-ortho nitro benzene ring substituents is 1. The molecule has 1 aromatic heterocycles. The molecule has 0 spiro atoms. The number of hydrogen-bond donors (Lipinski definition) is 1. The summed E-state index contributed by atoms with van der Waals surface area (Å²) in [6.45, 7) is 2.10. The number of benzene rings is 3. The normalized spacial score (nSPS) is 14.9. The van der Waals surface area contributed by atoms with Crippen molar-refractivity contribution in [2.24, 2.45) is 0 Å². The van der Waals surface area contributed by atoms with Gasteiger partial charge in [-0.1, -0.05) is 48.0 Å². The number of urea groups is 1. The van der Waals surface area contributed by atoms with Gasteiger partial charge in [-0.25, -0.2) is 9.69 Å². The summed E-state index contributed by atoms with van der Waals surface area (Å²) < 4.78 is 1.93. The fourth-order valence-corrected chi connectivity index (χ4v) is 4.48. The van der Waals surface area contributed by atoms with Crippen LogP contribution in [0.4, 0.5) is 16.2 Å². The number of aromatic nitrogens is 1. The fourth-order valence-electron chi connectivity index (χ4n) is 4.31. The number of fused-ring (bicyclic) bond motifs is 1. The van der Waals surface area contributed by atoms with E-state index in [1.54, 1.807) is 43.5 Å². The van der Waals surface area contributed by atoms with Crippen LogP contribution < -0.4 is 10.2 Å². The van der Waals surface area contributed by atoms with Crippen LogP contribution in [0.1, 0.15) is 16.7 Å². The van der Waals surface area contributed by atoms with E-state index in [1.165, 1.54) is 18.2 Å². The summed E-state index contributed by atoms with van der Waals surface area (Å²) in [5, 5.41) is 14.4. The Hall–Kier alpha value is -4.76. The first kappa shape index (κ1) is 24.0. The fraction of sp³-hybridized carbons (Fsp3) is 0.0741. The van der Waals surface area contributed by atoms with E-state index in [-0.39, 0.29) is 16.9 Å². The second kappa shape index (κ2) is 9.36. The number of imide groups is 2. The Labute approximate surface area is 215 Å². The standard InChI is InChI=1S/C27H19ClN4O5/c1-16-22(28)6-4-8-23(16)31-26(34)21(25(33)29-27(31)35)13-18-15-30(24-7-3-2-5-20(18)24)14-17-9-11-19(12-10-17)32(36)37/h2-13,15H,14H2,1H3,(H,29,33,35)/b21-13+. The summed E-state index contributed by atoms with van der Waals surface area (Å²) in [5.41, 5.74) is 2.91. The van der Waals surface area contributed by atoms with Crippen molar-refractivity contribution in [3.05, 3.63) is 110 Å². The maximum Gasteiger partial charge on any atom is 0.335 e. The number of para-hydroxylation sites is 1. The van der Waals surface area contributed by atoms with Gasteiger partial charge in [0.2, 0.25) is 0 Å². The number of carbonyl (C=O) groups is 3. The lowest BCUT2D eigenvalue weighted by atomic mass is 10.1. The van der Waals surface area contributed by atoms with Crippen LogP contribution in [0.5, 0.6) is 0 Å². The van der Waals surface area contributed by atoms with E-state index in [4.69, 9.17) is 11.6 Å². The highest BCUT2D eigenvalue weighted by atomic mass is 35.5. The summed E-state index contributed by atoms with van der Waals surface area (Å²) in [6.07, 6.45) is 3.26. The van der Waals surface area contributed by atoms with Crippen molar-refractivity contribution in [3.63, 3.8) is 0 Å². The number of rotatable bonds is 5. The molecule has 0 atom stereocenters. The van der Waals surface area contributed by atoms with Crippen LogP contribution in [0.15, 0.2) is 78.5 Å². The average molecular weight is 515 g/mol. The van der Waals surface area contributed by atoms with Crippen LogP contribution in [-0.4, -0.2) is 27.3 Å². The largest absolute Gasteiger partial charge is 0.342 e. The molecule has 1 N–H and O–H groups in total. The van der Waals surface area contributed by atoms with Crippen LogP contribution in [0, 0.1) is 17.0 Å². The second-order valence-corrected chi connectivity index (χ2v) is 8.90. The minimum Gasteiger partial charge on any atom is -0.342 e. The van der Waals surface area contributed by atoms with Gasteiger partial charge in [0.1, 0.15) is 5.57 Å². The van der Waals surface area contributed by atoms with E-state index in [0.717, 1.165) is 21.4 Å². The maximum atomic E-state index is 13.4. The quantitative estimate of drug-likeness (QED) is 0.169. The molecule has 184 valence electrons. The average Bonchev–Trinajstić information content (AvgIpc) is 3.21. The number of amides is 4. The SMILES string of the molecule is Cc1c(Cl)cccc1N1C(=O)NC(=O)/C(=C\c2cn(Cc3ccc([N+](=O)[O-])cc3)c3ccccc23)C1=O. The van der Waals surface area contributed by atoms with Crippen molar-refractivity contribution in [1.29, 1.82) is 0 Å². The zero-order valence-corrected chi connectivity index (χ0v) is 20.2. The Bertz CT molecular complexity index is 1640. The smallest absolute Gasteiger partial charge is 0.335 e. The summed E-state index contributed by atoms with van der Waals surface area (Å²) >= 11 is 6.19. The number of nitrogens with one attached hydrogen (secondary N) is 1. The lowest BCUT2D eigenvalue weighted by Crippen LogP contribution is -2.54. The number of carbonyl (C=O) groups excluding carboxylic acids is 3. The molecule has 9 nitrogen and oxygen atoms in total. The van der Waals surface area contributed by atoms with E-state index in [1.807, 2.05) is 28.8 Å². The van der Waals surface area contributed by atoms with Gasteiger partial charge in [-0.15, -0.1) is 0 Å². The summed E-state index contributed by atoms with van der Waals surface area (Å²) in [5.74, 6) is -1.55. The molecule has 1 aliphatic heterocycles. The monoisotopic (exact) mass is 514 g/mol. The molecule has 4 amide bonds. The number of nitrogens with zero attached hydrogens (tertiary/aromatic N) is 3. The Morgan fingerprint density at radius 3 is 2.46 bits per heavy atom. The third kappa shape index (κ3) is 4.36. The minimum atomic E-state index is -0.849. The molecule has 37 heavy (non-hydrogen) atoms. The molecular weight excluding hydrogens is 496 g/mol. The van der Waals surface area contributed by atoms with Gasteiger partial charge in [0.15, 0.2) is 0 Å². The summed E-state index contributed by atoms with van der Waals surface area (Å²) in [6, 6.07) is 17.7. The Morgan fingerprint density at radius 1 is 1.00 bits per heavy atom. The maximum absolute atomic E-state index is 13.4.